The molecule has 0 atom stereocenters. The topological polar surface area (TPSA) is 105 Å². The van der Waals surface area contributed by atoms with Crippen molar-refractivity contribution < 1.29 is 23.9 Å². The van der Waals surface area contributed by atoms with Gasteiger partial charge in [0.25, 0.3) is 0 Å². The summed E-state index contributed by atoms with van der Waals surface area (Å²) >= 11 is 1.30. The molecular formula is C24H22N4O5S. The Balaban J connectivity index is 1.45. The summed E-state index contributed by atoms with van der Waals surface area (Å²) in [5, 5.41) is 6.34. The smallest absolute Gasteiger partial charge is 0.358 e. The van der Waals surface area contributed by atoms with Gasteiger partial charge in [-0.05, 0) is 44.2 Å². The standard InChI is InChI=1S/C24H22N4O5S/c1-14-9-19(15(2)28(14)18-7-5-16(6-8-18)23(30)32-4)21(29)12-33-24(31)20-13-34-22(26-20)17-10-25-27(3)11-17/h5-11,13H,12H2,1-4H3. The molecule has 0 N–H and O–H groups in total. The number of aromatic nitrogens is 4. The van der Waals surface area contributed by atoms with Crippen LogP contribution in [0.4, 0.5) is 0 Å². The van der Waals surface area contributed by atoms with Crippen molar-refractivity contribution in [2.45, 2.75) is 13.8 Å². The molecule has 4 aromatic rings. The SMILES string of the molecule is COC(=O)c1ccc(-n2c(C)cc(C(=O)COC(=O)c3csc(-c4cnn(C)c4)n3)c2C)cc1. The highest BCUT2D eigenvalue weighted by Crippen LogP contribution is 2.24. The Morgan fingerprint density at radius 2 is 1.82 bits per heavy atom. The minimum Gasteiger partial charge on any atom is -0.465 e. The molecule has 0 bridgehead atoms. The molecule has 1 aromatic carbocycles. The second-order valence-corrected chi connectivity index (χ2v) is 8.46. The molecule has 0 unspecified atom stereocenters. The lowest BCUT2D eigenvalue weighted by Crippen LogP contribution is -2.15. The van der Waals surface area contributed by atoms with Gasteiger partial charge in [-0.2, -0.15) is 5.10 Å². The Labute approximate surface area is 199 Å². The molecular weight excluding hydrogens is 456 g/mol. The molecule has 10 heteroatoms. The third kappa shape index (κ3) is 4.53. The number of aryl methyl sites for hydroxylation is 2. The Hall–Kier alpha value is -4.05. The van der Waals surface area contributed by atoms with Crippen LogP contribution in [0.15, 0.2) is 48.1 Å². The Kier molecular flexibility index (Phi) is 6.42. The van der Waals surface area contributed by atoms with E-state index in [1.165, 1.54) is 18.4 Å². The van der Waals surface area contributed by atoms with Gasteiger partial charge >= 0.3 is 11.9 Å². The van der Waals surface area contributed by atoms with Gasteiger partial charge in [-0.25, -0.2) is 14.6 Å². The molecule has 0 aliphatic heterocycles. The molecule has 9 nitrogen and oxygen atoms in total. The summed E-state index contributed by atoms with van der Waals surface area (Å²) in [7, 11) is 3.13. The van der Waals surface area contributed by atoms with Crippen LogP contribution in [0.2, 0.25) is 0 Å². The van der Waals surface area contributed by atoms with E-state index >= 15 is 0 Å². The molecule has 4 rings (SSSR count). The van der Waals surface area contributed by atoms with Gasteiger partial charge in [0.2, 0.25) is 5.78 Å². The van der Waals surface area contributed by atoms with Crippen LogP contribution in [-0.4, -0.2) is 50.8 Å². The molecule has 174 valence electrons. The van der Waals surface area contributed by atoms with Gasteiger partial charge in [-0.3, -0.25) is 9.48 Å². The van der Waals surface area contributed by atoms with E-state index in [9.17, 15) is 14.4 Å². The maximum Gasteiger partial charge on any atom is 0.358 e. The summed E-state index contributed by atoms with van der Waals surface area (Å²) in [6, 6.07) is 8.64. The van der Waals surface area contributed by atoms with Crippen molar-refractivity contribution in [3.8, 4) is 16.3 Å². The number of ether oxygens (including phenoxy) is 2. The number of thiazole rings is 1. The summed E-state index contributed by atoms with van der Waals surface area (Å²) < 4.78 is 13.5. The first kappa shape index (κ1) is 23.1. The van der Waals surface area contributed by atoms with Crippen molar-refractivity contribution in [2.24, 2.45) is 7.05 Å². The van der Waals surface area contributed by atoms with Crippen LogP contribution in [0, 0.1) is 13.8 Å². The molecule has 0 amide bonds. The van der Waals surface area contributed by atoms with Crippen LogP contribution in [0.3, 0.4) is 0 Å². The van der Waals surface area contributed by atoms with E-state index in [0.29, 0.717) is 21.8 Å². The number of hydrogen-bond acceptors (Lipinski definition) is 8. The average Bonchev–Trinajstić information content (AvgIpc) is 3.56. The van der Waals surface area contributed by atoms with Crippen LogP contribution < -0.4 is 0 Å². The van der Waals surface area contributed by atoms with Gasteiger partial charge < -0.3 is 14.0 Å². The highest BCUT2D eigenvalue weighted by molar-refractivity contribution is 7.13. The molecule has 0 saturated carbocycles. The van der Waals surface area contributed by atoms with Crippen LogP contribution in [0.25, 0.3) is 16.3 Å². The van der Waals surface area contributed by atoms with Crippen LogP contribution >= 0.6 is 11.3 Å². The Morgan fingerprint density at radius 1 is 1.09 bits per heavy atom. The monoisotopic (exact) mass is 478 g/mol. The van der Waals surface area contributed by atoms with Crippen molar-refractivity contribution in [1.82, 2.24) is 19.3 Å². The summed E-state index contributed by atoms with van der Waals surface area (Å²) in [5.74, 6) is -1.40. The first-order valence-corrected chi connectivity index (χ1v) is 11.2. The normalized spacial score (nSPS) is 10.8. The minimum atomic E-state index is -0.660. The highest BCUT2D eigenvalue weighted by Gasteiger charge is 2.20. The van der Waals surface area contributed by atoms with Crippen LogP contribution in [0.1, 0.15) is 42.6 Å². The first-order chi connectivity index (χ1) is 16.3. The first-order valence-electron chi connectivity index (χ1n) is 10.3. The quantitative estimate of drug-likeness (QED) is 0.294. The maximum atomic E-state index is 12.8. The van der Waals surface area contributed by atoms with E-state index in [2.05, 4.69) is 10.1 Å². The Bertz CT molecular complexity index is 1380. The summed E-state index contributed by atoms with van der Waals surface area (Å²) in [5.41, 5.74) is 4.17. The minimum absolute atomic E-state index is 0.146. The number of carbonyl (C=O) groups is 3. The number of benzene rings is 1. The van der Waals surface area contributed by atoms with E-state index in [4.69, 9.17) is 9.47 Å². The van der Waals surface area contributed by atoms with Gasteiger partial charge in [0.1, 0.15) is 5.01 Å². The zero-order valence-corrected chi connectivity index (χ0v) is 19.9. The van der Waals surface area contributed by atoms with Gasteiger partial charge in [0, 0.05) is 46.8 Å². The zero-order chi connectivity index (χ0) is 24.4. The summed E-state index contributed by atoms with van der Waals surface area (Å²) in [4.78, 5) is 41.2. The number of nitrogens with zero attached hydrogens (tertiary/aromatic N) is 4. The second-order valence-electron chi connectivity index (χ2n) is 7.60. The largest absolute Gasteiger partial charge is 0.465 e. The fourth-order valence-corrected chi connectivity index (χ4v) is 4.39. The van der Waals surface area contributed by atoms with Gasteiger partial charge in [-0.1, -0.05) is 0 Å². The van der Waals surface area contributed by atoms with Gasteiger partial charge in [-0.15, -0.1) is 11.3 Å². The van der Waals surface area contributed by atoms with Crippen molar-refractivity contribution >= 4 is 29.1 Å². The van der Waals surface area contributed by atoms with Crippen molar-refractivity contribution in [2.75, 3.05) is 13.7 Å². The molecule has 0 aliphatic carbocycles. The third-order valence-electron chi connectivity index (χ3n) is 5.28. The lowest BCUT2D eigenvalue weighted by atomic mass is 10.1. The molecule has 0 spiro atoms. The van der Waals surface area contributed by atoms with E-state index in [1.807, 2.05) is 18.4 Å². The van der Waals surface area contributed by atoms with E-state index in [0.717, 1.165) is 16.9 Å². The molecule has 0 fully saturated rings. The molecule has 0 saturated heterocycles. The van der Waals surface area contributed by atoms with Crippen LogP contribution in [0.5, 0.6) is 0 Å². The van der Waals surface area contributed by atoms with Crippen molar-refractivity contribution in [1.29, 1.82) is 0 Å². The molecule has 0 radical (unpaired) electrons. The number of ketones is 1. The third-order valence-corrected chi connectivity index (χ3v) is 6.17. The Morgan fingerprint density at radius 3 is 2.47 bits per heavy atom. The van der Waals surface area contributed by atoms with E-state index < -0.39 is 18.5 Å². The van der Waals surface area contributed by atoms with Crippen molar-refractivity contribution in [3.05, 3.63) is 76.3 Å². The lowest BCUT2D eigenvalue weighted by Gasteiger charge is -2.10. The number of rotatable bonds is 7. The van der Waals surface area contributed by atoms with Crippen LogP contribution in [-0.2, 0) is 16.5 Å². The fraction of sp³-hybridized carbons (Fsp3) is 0.208. The predicted octanol–water partition coefficient (Wildman–Crippen LogP) is 3.78. The lowest BCUT2D eigenvalue weighted by molar-refractivity contribution is 0.0469. The number of esters is 2. The van der Waals surface area contributed by atoms with E-state index in [-0.39, 0.29) is 11.5 Å². The second kappa shape index (κ2) is 9.44. The highest BCUT2D eigenvalue weighted by atomic mass is 32.1. The molecule has 3 aromatic heterocycles. The maximum absolute atomic E-state index is 12.8. The van der Waals surface area contributed by atoms with Gasteiger partial charge in [0.05, 0.1) is 18.9 Å². The van der Waals surface area contributed by atoms with Crippen molar-refractivity contribution in [3.63, 3.8) is 0 Å². The van der Waals surface area contributed by atoms with Gasteiger partial charge in [0.15, 0.2) is 12.3 Å². The number of carbonyl (C=O) groups excluding carboxylic acids is 3. The number of Topliss-reactive ketones (excluding diaryl/α,β-unsaturated/α-hetero) is 1. The van der Waals surface area contributed by atoms with E-state index in [1.54, 1.807) is 59.8 Å². The predicted molar refractivity (Wildman–Crippen MR) is 126 cm³/mol. The zero-order valence-electron chi connectivity index (χ0n) is 19.1. The fourth-order valence-electron chi connectivity index (χ4n) is 3.62. The molecule has 0 aliphatic rings. The number of methoxy groups -OCH3 is 1. The average molecular weight is 479 g/mol. The summed E-state index contributed by atoms with van der Waals surface area (Å²) in [6.45, 7) is 3.29. The molecule has 34 heavy (non-hydrogen) atoms. The summed E-state index contributed by atoms with van der Waals surface area (Å²) in [6.07, 6.45) is 3.46. The molecule has 3 heterocycles. The number of hydrogen-bond donors (Lipinski definition) is 0.